The Bertz CT molecular complexity index is 624. The molecule has 1 heterocycles. The summed E-state index contributed by atoms with van der Waals surface area (Å²) in [6, 6.07) is 9.41. The van der Waals surface area contributed by atoms with Gasteiger partial charge in [0.2, 0.25) is 0 Å². The summed E-state index contributed by atoms with van der Waals surface area (Å²) in [6.45, 7) is 0. The second kappa shape index (κ2) is 5.20. The Hall–Kier alpha value is -2.57. The van der Waals surface area contributed by atoms with Crippen LogP contribution >= 0.6 is 0 Å². The van der Waals surface area contributed by atoms with Crippen molar-refractivity contribution < 1.29 is 27.8 Å². The molecule has 0 fully saturated rings. The second-order valence-electron chi connectivity index (χ2n) is 3.79. The van der Waals surface area contributed by atoms with Crippen molar-refractivity contribution in [3.05, 3.63) is 48.2 Å². The number of ether oxygens (including phenoxy) is 1. The van der Waals surface area contributed by atoms with Crippen molar-refractivity contribution in [3.63, 3.8) is 0 Å². The lowest BCUT2D eigenvalue weighted by molar-refractivity contribution is -0.274. The highest BCUT2D eigenvalue weighted by Gasteiger charge is 2.30. The summed E-state index contributed by atoms with van der Waals surface area (Å²) in [7, 11) is 0. The summed E-state index contributed by atoms with van der Waals surface area (Å²) < 4.78 is 39.8. The van der Waals surface area contributed by atoms with E-state index in [0.717, 1.165) is 12.1 Å². The Kier molecular flexibility index (Phi) is 3.60. The molecule has 1 aromatic carbocycles. The van der Waals surface area contributed by atoms with Crippen molar-refractivity contribution in [2.45, 2.75) is 6.36 Å². The van der Waals surface area contributed by atoms with Gasteiger partial charge in [0.1, 0.15) is 11.4 Å². The molecule has 7 heteroatoms. The van der Waals surface area contributed by atoms with E-state index in [1.54, 1.807) is 6.07 Å². The van der Waals surface area contributed by atoms with E-state index in [-0.39, 0.29) is 11.4 Å². The first-order valence-corrected chi connectivity index (χ1v) is 5.42. The number of hydrogen-bond acceptors (Lipinski definition) is 3. The molecule has 0 spiro atoms. The molecule has 0 amide bonds. The minimum Gasteiger partial charge on any atom is -0.477 e. The van der Waals surface area contributed by atoms with E-state index < -0.39 is 12.3 Å². The van der Waals surface area contributed by atoms with E-state index in [1.165, 1.54) is 24.3 Å². The number of carboxylic acids is 1. The number of aromatic nitrogens is 1. The third kappa shape index (κ3) is 3.47. The summed E-state index contributed by atoms with van der Waals surface area (Å²) in [6.07, 6.45) is -4.75. The number of carboxylic acid groups (broad SMARTS) is 1. The summed E-state index contributed by atoms with van der Waals surface area (Å²) in [4.78, 5) is 14.7. The lowest BCUT2D eigenvalue weighted by Gasteiger charge is -2.09. The van der Waals surface area contributed by atoms with Crippen molar-refractivity contribution >= 4 is 5.97 Å². The van der Waals surface area contributed by atoms with Crippen LogP contribution < -0.4 is 4.74 Å². The van der Waals surface area contributed by atoms with Gasteiger partial charge < -0.3 is 9.84 Å². The van der Waals surface area contributed by atoms with Gasteiger partial charge in [-0.1, -0.05) is 6.07 Å². The third-order valence-corrected chi connectivity index (χ3v) is 2.35. The fraction of sp³-hybridized carbons (Fsp3) is 0.0769. The smallest absolute Gasteiger partial charge is 0.477 e. The van der Waals surface area contributed by atoms with Gasteiger partial charge in [-0.2, -0.15) is 0 Å². The molecule has 0 aliphatic heterocycles. The SMILES string of the molecule is O=C(O)c1cccc(-c2ccc(OC(F)(F)F)cc2)n1. The first kappa shape index (κ1) is 13.9. The van der Waals surface area contributed by atoms with Gasteiger partial charge in [-0.3, -0.25) is 0 Å². The summed E-state index contributed by atoms with van der Waals surface area (Å²) in [5, 5.41) is 8.82. The summed E-state index contributed by atoms with van der Waals surface area (Å²) in [5.41, 5.74) is 0.698. The van der Waals surface area contributed by atoms with Crippen LogP contribution in [-0.2, 0) is 0 Å². The average Bonchev–Trinajstić information content (AvgIpc) is 2.38. The minimum absolute atomic E-state index is 0.141. The molecule has 4 nitrogen and oxygen atoms in total. The Balaban J connectivity index is 2.26. The van der Waals surface area contributed by atoms with Crippen molar-refractivity contribution in [2.75, 3.05) is 0 Å². The quantitative estimate of drug-likeness (QED) is 0.938. The maximum atomic E-state index is 12.0. The summed E-state index contributed by atoms with van der Waals surface area (Å²) >= 11 is 0. The first-order valence-electron chi connectivity index (χ1n) is 5.42. The lowest BCUT2D eigenvalue weighted by Crippen LogP contribution is -2.16. The van der Waals surface area contributed by atoms with E-state index in [2.05, 4.69) is 9.72 Å². The third-order valence-electron chi connectivity index (χ3n) is 2.35. The Morgan fingerprint density at radius 3 is 2.30 bits per heavy atom. The molecule has 0 radical (unpaired) electrons. The first-order chi connectivity index (χ1) is 9.35. The number of nitrogens with zero attached hydrogens (tertiary/aromatic N) is 1. The van der Waals surface area contributed by atoms with E-state index in [4.69, 9.17) is 5.11 Å². The topological polar surface area (TPSA) is 59.4 Å². The monoisotopic (exact) mass is 283 g/mol. The number of aromatic carboxylic acids is 1. The molecular formula is C13H8F3NO3. The highest BCUT2D eigenvalue weighted by atomic mass is 19.4. The van der Waals surface area contributed by atoms with Crippen LogP contribution in [-0.4, -0.2) is 22.4 Å². The van der Waals surface area contributed by atoms with Gasteiger partial charge in [-0.05, 0) is 36.4 Å². The van der Waals surface area contributed by atoms with Crippen LogP contribution in [0.25, 0.3) is 11.3 Å². The highest BCUT2D eigenvalue weighted by Crippen LogP contribution is 2.25. The van der Waals surface area contributed by atoms with Crippen molar-refractivity contribution in [1.82, 2.24) is 4.98 Å². The second-order valence-corrected chi connectivity index (χ2v) is 3.79. The predicted molar refractivity (Wildman–Crippen MR) is 63.3 cm³/mol. The standard InChI is InChI=1S/C13H8F3NO3/c14-13(15,16)20-9-6-4-8(5-7-9)10-2-1-3-11(17-10)12(18)19/h1-7H,(H,18,19). The maximum Gasteiger partial charge on any atom is 0.573 e. The Labute approximate surface area is 111 Å². The predicted octanol–water partition coefficient (Wildman–Crippen LogP) is 3.35. The minimum atomic E-state index is -4.75. The molecule has 0 saturated heterocycles. The van der Waals surface area contributed by atoms with Crippen LogP contribution in [0.1, 0.15) is 10.5 Å². The van der Waals surface area contributed by atoms with Crippen LogP contribution in [0.15, 0.2) is 42.5 Å². The highest BCUT2D eigenvalue weighted by molar-refractivity contribution is 5.86. The molecule has 2 aromatic rings. The maximum absolute atomic E-state index is 12.0. The molecule has 104 valence electrons. The van der Waals surface area contributed by atoms with E-state index in [0.29, 0.717) is 11.3 Å². The number of alkyl halides is 3. The van der Waals surface area contributed by atoms with Crippen LogP contribution in [0.3, 0.4) is 0 Å². The number of benzene rings is 1. The van der Waals surface area contributed by atoms with Crippen molar-refractivity contribution in [3.8, 4) is 17.0 Å². The molecule has 0 unspecified atom stereocenters. The van der Waals surface area contributed by atoms with Gasteiger partial charge in [-0.15, -0.1) is 13.2 Å². The number of halogens is 3. The molecule has 0 bridgehead atoms. The van der Waals surface area contributed by atoms with Crippen LogP contribution in [0, 0.1) is 0 Å². The molecule has 0 atom stereocenters. The van der Waals surface area contributed by atoms with Gasteiger partial charge in [0.15, 0.2) is 0 Å². The zero-order valence-corrected chi connectivity index (χ0v) is 9.89. The molecule has 1 N–H and O–H groups in total. The van der Waals surface area contributed by atoms with E-state index >= 15 is 0 Å². The number of pyridine rings is 1. The zero-order valence-electron chi connectivity index (χ0n) is 9.89. The normalized spacial score (nSPS) is 11.2. The molecule has 1 aromatic heterocycles. The zero-order chi connectivity index (χ0) is 14.8. The Morgan fingerprint density at radius 1 is 1.10 bits per heavy atom. The van der Waals surface area contributed by atoms with Crippen LogP contribution in [0.4, 0.5) is 13.2 Å². The molecule has 0 aliphatic rings. The van der Waals surface area contributed by atoms with E-state index in [1.807, 2.05) is 0 Å². The van der Waals surface area contributed by atoms with Gasteiger partial charge in [0, 0.05) is 5.56 Å². The van der Waals surface area contributed by atoms with Crippen LogP contribution in [0.2, 0.25) is 0 Å². The summed E-state index contributed by atoms with van der Waals surface area (Å²) in [5.74, 6) is -1.53. The molecule has 0 aliphatic carbocycles. The van der Waals surface area contributed by atoms with Gasteiger partial charge in [0.25, 0.3) is 0 Å². The van der Waals surface area contributed by atoms with Gasteiger partial charge >= 0.3 is 12.3 Å². The molecule has 2 rings (SSSR count). The fourth-order valence-electron chi connectivity index (χ4n) is 1.54. The fourth-order valence-corrected chi connectivity index (χ4v) is 1.54. The average molecular weight is 283 g/mol. The molecule has 20 heavy (non-hydrogen) atoms. The van der Waals surface area contributed by atoms with Gasteiger partial charge in [0.05, 0.1) is 5.69 Å². The number of hydrogen-bond donors (Lipinski definition) is 1. The van der Waals surface area contributed by atoms with Crippen LogP contribution in [0.5, 0.6) is 5.75 Å². The molecule has 0 saturated carbocycles. The number of rotatable bonds is 3. The number of carbonyl (C=O) groups is 1. The lowest BCUT2D eigenvalue weighted by atomic mass is 10.1. The van der Waals surface area contributed by atoms with Gasteiger partial charge in [-0.25, -0.2) is 9.78 Å². The van der Waals surface area contributed by atoms with Crippen molar-refractivity contribution in [1.29, 1.82) is 0 Å². The van der Waals surface area contributed by atoms with E-state index in [9.17, 15) is 18.0 Å². The largest absolute Gasteiger partial charge is 0.573 e. The van der Waals surface area contributed by atoms with Crippen molar-refractivity contribution in [2.24, 2.45) is 0 Å². The Morgan fingerprint density at radius 2 is 1.75 bits per heavy atom. The molecular weight excluding hydrogens is 275 g/mol.